The van der Waals surface area contributed by atoms with Gasteiger partial charge in [0.05, 0.1) is 5.00 Å². The zero-order chi connectivity index (χ0) is 16.1. The highest BCUT2D eigenvalue weighted by Gasteiger charge is 2.20. The van der Waals surface area contributed by atoms with Gasteiger partial charge in [-0.25, -0.2) is 4.39 Å². The first-order valence-corrected chi connectivity index (χ1v) is 8.66. The maximum absolute atomic E-state index is 12.8. The number of rotatable bonds is 6. The second-order valence-electron chi connectivity index (χ2n) is 5.66. The van der Waals surface area contributed by atoms with E-state index in [1.807, 2.05) is 0 Å². The number of aliphatic hydroxyl groups is 1. The number of aliphatic hydroxyl groups excluding tert-OH is 1. The minimum absolute atomic E-state index is 0.219. The summed E-state index contributed by atoms with van der Waals surface area (Å²) in [5.74, 6) is 0.287. The van der Waals surface area contributed by atoms with Gasteiger partial charge in [-0.05, 0) is 41.8 Å². The number of hydrogen-bond acceptors (Lipinski definition) is 5. The van der Waals surface area contributed by atoms with Gasteiger partial charge in [-0.1, -0.05) is 0 Å². The first-order chi connectivity index (χ1) is 11.2. The monoisotopic (exact) mass is 336 g/mol. The SMILES string of the molecule is OC(COc1ccc(F)cc1)CN1CCN(c2cccs2)CC1. The fourth-order valence-electron chi connectivity index (χ4n) is 2.67. The normalized spacial score (nSPS) is 17.2. The van der Waals surface area contributed by atoms with Crippen molar-refractivity contribution in [3.05, 3.63) is 47.6 Å². The molecule has 1 aromatic heterocycles. The number of piperazine rings is 1. The highest BCUT2D eigenvalue weighted by Crippen LogP contribution is 2.22. The molecule has 0 amide bonds. The molecule has 124 valence electrons. The number of β-amino-alcohol motifs (C(OH)–C–C–N with tert-alkyl or cyclic N) is 1. The highest BCUT2D eigenvalue weighted by molar-refractivity contribution is 7.14. The quantitative estimate of drug-likeness (QED) is 0.879. The molecular weight excluding hydrogens is 315 g/mol. The van der Waals surface area contributed by atoms with Gasteiger partial charge in [-0.3, -0.25) is 4.90 Å². The zero-order valence-electron chi connectivity index (χ0n) is 12.9. The minimum atomic E-state index is -0.548. The molecule has 1 aromatic carbocycles. The molecule has 2 aromatic rings. The van der Waals surface area contributed by atoms with Crippen LogP contribution in [0.3, 0.4) is 0 Å². The van der Waals surface area contributed by atoms with Crippen molar-refractivity contribution in [3.63, 3.8) is 0 Å². The molecule has 0 spiro atoms. The van der Waals surface area contributed by atoms with Gasteiger partial charge >= 0.3 is 0 Å². The third kappa shape index (κ3) is 4.67. The second-order valence-corrected chi connectivity index (χ2v) is 6.58. The molecule has 0 aliphatic carbocycles. The Morgan fingerprint density at radius 2 is 1.87 bits per heavy atom. The topological polar surface area (TPSA) is 35.9 Å². The molecule has 2 heterocycles. The van der Waals surface area contributed by atoms with Crippen molar-refractivity contribution in [3.8, 4) is 5.75 Å². The summed E-state index contributed by atoms with van der Waals surface area (Å²) >= 11 is 1.76. The van der Waals surface area contributed by atoms with E-state index < -0.39 is 6.10 Å². The van der Waals surface area contributed by atoms with Crippen molar-refractivity contribution in [2.75, 3.05) is 44.2 Å². The molecule has 3 rings (SSSR count). The summed E-state index contributed by atoms with van der Waals surface area (Å²) in [4.78, 5) is 4.63. The van der Waals surface area contributed by atoms with Crippen LogP contribution in [0.4, 0.5) is 9.39 Å². The van der Waals surface area contributed by atoms with E-state index >= 15 is 0 Å². The van der Waals surface area contributed by atoms with Crippen LogP contribution in [0.2, 0.25) is 0 Å². The average molecular weight is 336 g/mol. The van der Waals surface area contributed by atoms with Crippen LogP contribution < -0.4 is 9.64 Å². The van der Waals surface area contributed by atoms with Crippen molar-refractivity contribution >= 4 is 16.3 Å². The number of thiophene rings is 1. The predicted molar refractivity (Wildman–Crippen MR) is 90.9 cm³/mol. The van der Waals surface area contributed by atoms with Gasteiger partial charge in [-0.15, -0.1) is 11.3 Å². The molecule has 1 aliphatic rings. The number of ether oxygens (including phenoxy) is 1. The molecule has 1 atom stereocenters. The Kier molecular flexibility index (Phi) is 5.48. The van der Waals surface area contributed by atoms with Crippen LogP contribution in [0.1, 0.15) is 0 Å². The highest BCUT2D eigenvalue weighted by atomic mass is 32.1. The summed E-state index contributed by atoms with van der Waals surface area (Å²) in [6, 6.07) is 10.1. The summed E-state index contributed by atoms with van der Waals surface area (Å²) in [5.41, 5.74) is 0. The lowest BCUT2D eigenvalue weighted by Crippen LogP contribution is -2.49. The first-order valence-electron chi connectivity index (χ1n) is 7.78. The van der Waals surface area contributed by atoms with Gasteiger partial charge in [0.25, 0.3) is 0 Å². The Morgan fingerprint density at radius 1 is 1.13 bits per heavy atom. The number of halogens is 1. The molecule has 1 fully saturated rings. The van der Waals surface area contributed by atoms with Crippen LogP contribution in [0.25, 0.3) is 0 Å². The van der Waals surface area contributed by atoms with E-state index in [9.17, 15) is 9.50 Å². The van der Waals surface area contributed by atoms with Gasteiger partial charge < -0.3 is 14.7 Å². The van der Waals surface area contributed by atoms with Crippen LogP contribution in [0.5, 0.6) is 5.75 Å². The molecule has 1 aliphatic heterocycles. The number of benzene rings is 1. The van der Waals surface area contributed by atoms with E-state index in [1.54, 1.807) is 23.5 Å². The molecule has 0 radical (unpaired) electrons. The predicted octanol–water partition coefficient (Wildman–Crippen LogP) is 2.45. The Hall–Kier alpha value is -1.63. The van der Waals surface area contributed by atoms with Crippen LogP contribution in [0.15, 0.2) is 41.8 Å². The molecule has 6 heteroatoms. The lowest BCUT2D eigenvalue weighted by molar-refractivity contribution is 0.0663. The Labute approximate surface area is 139 Å². The lowest BCUT2D eigenvalue weighted by atomic mass is 10.2. The Morgan fingerprint density at radius 3 is 2.52 bits per heavy atom. The molecule has 4 nitrogen and oxygen atoms in total. The summed E-state index contributed by atoms with van der Waals surface area (Å²) in [6.45, 7) is 4.64. The van der Waals surface area contributed by atoms with Gasteiger partial charge in [0.15, 0.2) is 0 Å². The van der Waals surface area contributed by atoms with Gasteiger partial charge in [0.1, 0.15) is 24.3 Å². The number of hydrogen-bond donors (Lipinski definition) is 1. The molecule has 0 bridgehead atoms. The molecule has 1 unspecified atom stereocenters. The molecule has 23 heavy (non-hydrogen) atoms. The summed E-state index contributed by atoms with van der Waals surface area (Å²) in [6.07, 6.45) is -0.548. The number of nitrogens with zero attached hydrogens (tertiary/aromatic N) is 2. The van der Waals surface area contributed by atoms with E-state index in [1.165, 1.54) is 17.1 Å². The average Bonchev–Trinajstić information content (AvgIpc) is 3.09. The third-order valence-electron chi connectivity index (χ3n) is 3.92. The maximum atomic E-state index is 12.8. The Bertz CT molecular complexity index is 583. The molecule has 1 N–H and O–H groups in total. The minimum Gasteiger partial charge on any atom is -0.491 e. The Balaban J connectivity index is 1.39. The second kappa shape index (κ2) is 7.77. The standard InChI is InChI=1S/C17H21FN2O2S/c18-14-3-5-16(6-4-14)22-13-15(21)12-19-7-9-20(10-8-19)17-2-1-11-23-17/h1-6,11,15,21H,7-10,12-13H2. The van der Waals surface area contributed by atoms with Crippen molar-refractivity contribution in [2.45, 2.75) is 6.10 Å². The molecule has 0 saturated carbocycles. The molecule has 1 saturated heterocycles. The largest absolute Gasteiger partial charge is 0.491 e. The third-order valence-corrected chi connectivity index (χ3v) is 4.84. The zero-order valence-corrected chi connectivity index (χ0v) is 13.7. The van der Waals surface area contributed by atoms with E-state index in [-0.39, 0.29) is 12.4 Å². The van der Waals surface area contributed by atoms with Crippen LogP contribution in [-0.2, 0) is 0 Å². The van der Waals surface area contributed by atoms with E-state index in [4.69, 9.17) is 4.74 Å². The van der Waals surface area contributed by atoms with Gasteiger partial charge in [-0.2, -0.15) is 0 Å². The van der Waals surface area contributed by atoms with Crippen molar-refractivity contribution < 1.29 is 14.2 Å². The first kappa shape index (κ1) is 16.2. The summed E-state index contributed by atoms with van der Waals surface area (Å²) in [7, 11) is 0. The van der Waals surface area contributed by atoms with Crippen molar-refractivity contribution in [2.24, 2.45) is 0 Å². The smallest absolute Gasteiger partial charge is 0.123 e. The number of anilines is 1. The molecular formula is C17H21FN2O2S. The van der Waals surface area contributed by atoms with Crippen LogP contribution in [0, 0.1) is 5.82 Å². The van der Waals surface area contributed by atoms with Crippen LogP contribution >= 0.6 is 11.3 Å². The fourth-order valence-corrected chi connectivity index (χ4v) is 3.46. The van der Waals surface area contributed by atoms with Crippen LogP contribution in [-0.4, -0.2) is 55.4 Å². The van der Waals surface area contributed by atoms with E-state index in [0.29, 0.717) is 12.3 Å². The summed E-state index contributed by atoms with van der Waals surface area (Å²) < 4.78 is 18.3. The van der Waals surface area contributed by atoms with Gasteiger partial charge in [0, 0.05) is 32.7 Å². The summed E-state index contributed by atoms with van der Waals surface area (Å²) in [5, 5.41) is 13.5. The fraction of sp³-hybridized carbons (Fsp3) is 0.412. The van der Waals surface area contributed by atoms with Crippen molar-refractivity contribution in [1.29, 1.82) is 0 Å². The van der Waals surface area contributed by atoms with E-state index in [0.717, 1.165) is 26.2 Å². The van der Waals surface area contributed by atoms with E-state index in [2.05, 4.69) is 27.3 Å². The lowest BCUT2D eigenvalue weighted by Gasteiger charge is -2.36. The maximum Gasteiger partial charge on any atom is 0.123 e. The van der Waals surface area contributed by atoms with Gasteiger partial charge in [0.2, 0.25) is 0 Å². The van der Waals surface area contributed by atoms with Crippen molar-refractivity contribution in [1.82, 2.24) is 4.90 Å².